The summed E-state index contributed by atoms with van der Waals surface area (Å²) in [6.07, 6.45) is -2.67. The fourth-order valence-electron chi connectivity index (χ4n) is 3.03. The molecule has 0 N–H and O–H groups in total. The van der Waals surface area contributed by atoms with Crippen LogP contribution in [0.3, 0.4) is 0 Å². The van der Waals surface area contributed by atoms with Gasteiger partial charge in [-0.25, -0.2) is 4.98 Å². The number of rotatable bonds is 3. The van der Waals surface area contributed by atoms with Crippen LogP contribution in [0.1, 0.15) is 5.56 Å². The van der Waals surface area contributed by atoms with Crippen LogP contribution >= 0.6 is 15.9 Å². The van der Waals surface area contributed by atoms with Gasteiger partial charge in [0, 0.05) is 21.3 Å². The number of benzene rings is 3. The Bertz CT molecular complexity index is 1080. The third-order valence-electron chi connectivity index (χ3n) is 4.39. The van der Waals surface area contributed by atoms with E-state index in [0.29, 0.717) is 5.56 Å². The molecule has 6 heteroatoms. The van der Waals surface area contributed by atoms with Gasteiger partial charge in [0.15, 0.2) is 0 Å². The molecule has 0 radical (unpaired) electrons. The van der Waals surface area contributed by atoms with Gasteiger partial charge in [0.1, 0.15) is 5.82 Å². The molecule has 0 unspecified atom stereocenters. The van der Waals surface area contributed by atoms with Gasteiger partial charge in [0.2, 0.25) is 0 Å². The summed E-state index contributed by atoms with van der Waals surface area (Å²) in [5.74, 6) is 0.720. The first-order valence-electron chi connectivity index (χ1n) is 8.50. The number of alkyl halides is 3. The van der Waals surface area contributed by atoms with Crippen molar-refractivity contribution >= 4 is 15.9 Å². The van der Waals surface area contributed by atoms with Crippen LogP contribution < -0.4 is 0 Å². The van der Waals surface area contributed by atoms with Crippen LogP contribution in [0.5, 0.6) is 0 Å². The fraction of sp³-hybridized carbons (Fsp3) is 0.0455. The van der Waals surface area contributed by atoms with E-state index in [4.69, 9.17) is 0 Å². The molecule has 0 amide bonds. The lowest BCUT2D eigenvalue weighted by Crippen LogP contribution is -2.04. The second-order valence-corrected chi connectivity index (χ2v) is 7.14. The molecule has 0 aliphatic heterocycles. The van der Waals surface area contributed by atoms with Gasteiger partial charge in [-0.3, -0.25) is 4.57 Å². The topological polar surface area (TPSA) is 17.8 Å². The van der Waals surface area contributed by atoms with Crippen molar-refractivity contribution in [3.63, 3.8) is 0 Å². The van der Waals surface area contributed by atoms with Crippen molar-refractivity contribution in [2.24, 2.45) is 0 Å². The lowest BCUT2D eigenvalue weighted by molar-refractivity contribution is -0.137. The van der Waals surface area contributed by atoms with Crippen molar-refractivity contribution in [3.05, 3.63) is 95.1 Å². The number of nitrogens with zero attached hydrogens (tertiary/aromatic N) is 2. The Morgan fingerprint density at radius 1 is 0.750 bits per heavy atom. The van der Waals surface area contributed by atoms with E-state index in [2.05, 4.69) is 20.9 Å². The Morgan fingerprint density at radius 2 is 1.39 bits per heavy atom. The minimum absolute atomic E-state index is 0.658. The molecule has 3 aromatic carbocycles. The molecule has 140 valence electrons. The van der Waals surface area contributed by atoms with Crippen LogP contribution in [-0.4, -0.2) is 9.55 Å². The Hall–Kier alpha value is -2.86. The summed E-state index contributed by atoms with van der Waals surface area (Å²) < 4.78 is 41.6. The molecule has 0 fully saturated rings. The standard InChI is InChI=1S/C22H14BrF3N2/c23-18-10-12-19(13-11-18)28-20(14-27-21(28)16-4-2-1-3-5-16)15-6-8-17(9-7-15)22(24,25)26/h1-14H. The predicted molar refractivity (Wildman–Crippen MR) is 107 cm³/mol. The van der Waals surface area contributed by atoms with E-state index >= 15 is 0 Å². The monoisotopic (exact) mass is 442 g/mol. The maximum absolute atomic E-state index is 12.9. The maximum atomic E-state index is 12.9. The molecule has 0 spiro atoms. The van der Waals surface area contributed by atoms with Crippen molar-refractivity contribution in [2.45, 2.75) is 6.18 Å². The van der Waals surface area contributed by atoms with Crippen molar-refractivity contribution < 1.29 is 13.2 Å². The van der Waals surface area contributed by atoms with Gasteiger partial charge in [-0.05, 0) is 36.4 Å². The van der Waals surface area contributed by atoms with Crippen LogP contribution in [0.2, 0.25) is 0 Å². The van der Waals surface area contributed by atoms with Gasteiger partial charge in [0.25, 0.3) is 0 Å². The lowest BCUT2D eigenvalue weighted by Gasteiger charge is -2.13. The lowest BCUT2D eigenvalue weighted by atomic mass is 10.1. The highest BCUT2D eigenvalue weighted by Gasteiger charge is 2.30. The van der Waals surface area contributed by atoms with Crippen molar-refractivity contribution in [3.8, 4) is 28.3 Å². The van der Waals surface area contributed by atoms with Gasteiger partial charge >= 0.3 is 6.18 Å². The first-order valence-corrected chi connectivity index (χ1v) is 9.29. The first kappa shape index (κ1) is 18.5. The second-order valence-electron chi connectivity index (χ2n) is 6.22. The Balaban J connectivity index is 1.88. The van der Waals surface area contributed by atoms with Gasteiger partial charge in [-0.2, -0.15) is 13.2 Å². The molecule has 0 saturated heterocycles. The molecule has 0 saturated carbocycles. The number of aromatic nitrogens is 2. The zero-order chi connectivity index (χ0) is 19.7. The summed E-state index contributed by atoms with van der Waals surface area (Å²) in [6, 6.07) is 22.5. The van der Waals surface area contributed by atoms with E-state index in [1.165, 1.54) is 12.1 Å². The third-order valence-corrected chi connectivity index (χ3v) is 4.92. The number of hydrogen-bond acceptors (Lipinski definition) is 1. The summed E-state index contributed by atoms with van der Waals surface area (Å²) >= 11 is 3.43. The van der Waals surface area contributed by atoms with E-state index in [-0.39, 0.29) is 0 Å². The van der Waals surface area contributed by atoms with E-state index in [1.807, 2.05) is 59.2 Å². The van der Waals surface area contributed by atoms with Crippen LogP contribution in [0.4, 0.5) is 13.2 Å². The van der Waals surface area contributed by atoms with Crippen molar-refractivity contribution in [2.75, 3.05) is 0 Å². The van der Waals surface area contributed by atoms with Crippen LogP contribution in [0.15, 0.2) is 89.5 Å². The summed E-state index contributed by atoms with van der Waals surface area (Å²) in [7, 11) is 0. The quantitative estimate of drug-likeness (QED) is 0.334. The van der Waals surface area contributed by atoms with Gasteiger partial charge in [-0.1, -0.05) is 58.4 Å². The molecule has 0 atom stereocenters. The first-order chi connectivity index (χ1) is 13.4. The van der Waals surface area contributed by atoms with E-state index in [1.54, 1.807) is 6.20 Å². The molecule has 0 bridgehead atoms. The summed E-state index contributed by atoms with van der Waals surface area (Å²) in [4.78, 5) is 4.56. The summed E-state index contributed by atoms with van der Waals surface area (Å²) in [5, 5.41) is 0. The van der Waals surface area contributed by atoms with Gasteiger partial charge in [0.05, 0.1) is 17.5 Å². The summed E-state index contributed by atoms with van der Waals surface area (Å²) in [6.45, 7) is 0. The van der Waals surface area contributed by atoms with Crippen molar-refractivity contribution in [1.29, 1.82) is 0 Å². The SMILES string of the molecule is FC(F)(F)c1ccc(-c2cnc(-c3ccccc3)n2-c2ccc(Br)cc2)cc1. The van der Waals surface area contributed by atoms with E-state index in [0.717, 1.165) is 39.4 Å². The highest BCUT2D eigenvalue weighted by Crippen LogP contribution is 2.34. The predicted octanol–water partition coefficient (Wildman–Crippen LogP) is 6.99. The summed E-state index contributed by atoms with van der Waals surface area (Å²) in [5.41, 5.74) is 2.49. The largest absolute Gasteiger partial charge is 0.416 e. The smallest absolute Gasteiger partial charge is 0.292 e. The zero-order valence-corrected chi connectivity index (χ0v) is 16.1. The van der Waals surface area contributed by atoms with Crippen LogP contribution in [0, 0.1) is 0 Å². The average Bonchev–Trinajstić information content (AvgIpc) is 3.14. The molecule has 2 nitrogen and oxygen atoms in total. The van der Waals surface area contributed by atoms with Crippen molar-refractivity contribution in [1.82, 2.24) is 9.55 Å². The number of hydrogen-bond donors (Lipinski definition) is 0. The molecule has 4 rings (SSSR count). The van der Waals surface area contributed by atoms with Crippen LogP contribution in [0.25, 0.3) is 28.3 Å². The Morgan fingerprint density at radius 3 is 2.00 bits per heavy atom. The molecule has 28 heavy (non-hydrogen) atoms. The highest BCUT2D eigenvalue weighted by molar-refractivity contribution is 9.10. The molecule has 1 aromatic heterocycles. The third kappa shape index (κ3) is 3.60. The minimum Gasteiger partial charge on any atom is -0.292 e. The zero-order valence-electron chi connectivity index (χ0n) is 14.5. The minimum atomic E-state index is -4.36. The van der Waals surface area contributed by atoms with E-state index < -0.39 is 11.7 Å². The Labute approximate surface area is 168 Å². The van der Waals surface area contributed by atoms with Crippen LogP contribution in [-0.2, 0) is 6.18 Å². The highest BCUT2D eigenvalue weighted by atomic mass is 79.9. The molecular formula is C22H14BrF3N2. The number of imidazole rings is 1. The maximum Gasteiger partial charge on any atom is 0.416 e. The molecule has 0 aliphatic carbocycles. The average molecular weight is 443 g/mol. The van der Waals surface area contributed by atoms with E-state index in [9.17, 15) is 13.2 Å². The molecule has 1 heterocycles. The molecule has 4 aromatic rings. The fourth-order valence-corrected chi connectivity index (χ4v) is 3.29. The van der Waals surface area contributed by atoms with Gasteiger partial charge < -0.3 is 0 Å². The number of halogens is 4. The Kier molecular flexibility index (Phi) is 4.81. The van der Waals surface area contributed by atoms with Gasteiger partial charge in [-0.15, -0.1) is 0 Å². The normalized spacial score (nSPS) is 11.6. The molecular weight excluding hydrogens is 429 g/mol. The molecule has 0 aliphatic rings. The second kappa shape index (κ2) is 7.28.